The lowest BCUT2D eigenvalue weighted by Gasteiger charge is -2.19. The number of hydrogen-bond donors (Lipinski definition) is 1. The second-order valence-corrected chi connectivity index (χ2v) is 5.36. The van der Waals surface area contributed by atoms with Crippen molar-refractivity contribution in [3.63, 3.8) is 0 Å². The molecule has 1 atom stereocenters. The number of hydrogen-bond acceptors (Lipinski definition) is 5. The molecule has 92 valence electrons. The third-order valence-corrected chi connectivity index (χ3v) is 3.88. The lowest BCUT2D eigenvalue weighted by Crippen LogP contribution is -2.26. The lowest BCUT2D eigenvalue weighted by molar-refractivity contribution is 0.657. The molecule has 1 unspecified atom stereocenters. The topological polar surface area (TPSA) is 55.0 Å². The minimum absolute atomic E-state index is 0.222. The van der Waals surface area contributed by atoms with E-state index in [-0.39, 0.29) is 6.04 Å². The molecule has 2 heterocycles. The van der Waals surface area contributed by atoms with E-state index in [1.807, 2.05) is 6.92 Å². The Morgan fingerprint density at radius 1 is 1.47 bits per heavy atom. The van der Waals surface area contributed by atoms with E-state index in [2.05, 4.69) is 34.2 Å². The SMILES string of the molecule is Cc1csc2c(N(C)CCC(C)N)ncnc12. The summed E-state index contributed by atoms with van der Waals surface area (Å²) < 4.78 is 1.16. The number of aromatic nitrogens is 2. The molecule has 17 heavy (non-hydrogen) atoms. The highest BCUT2D eigenvalue weighted by Crippen LogP contribution is 2.30. The summed E-state index contributed by atoms with van der Waals surface area (Å²) in [6, 6.07) is 0.222. The molecule has 0 spiro atoms. The highest BCUT2D eigenvalue weighted by Gasteiger charge is 2.11. The third kappa shape index (κ3) is 2.56. The van der Waals surface area contributed by atoms with Crippen molar-refractivity contribution in [2.75, 3.05) is 18.5 Å². The van der Waals surface area contributed by atoms with E-state index >= 15 is 0 Å². The van der Waals surface area contributed by atoms with E-state index in [0.29, 0.717) is 0 Å². The van der Waals surface area contributed by atoms with Crippen LogP contribution in [-0.4, -0.2) is 29.6 Å². The van der Waals surface area contributed by atoms with Crippen molar-refractivity contribution in [3.8, 4) is 0 Å². The van der Waals surface area contributed by atoms with E-state index in [0.717, 1.165) is 29.0 Å². The normalized spacial score (nSPS) is 12.9. The van der Waals surface area contributed by atoms with Crippen molar-refractivity contribution in [2.45, 2.75) is 26.3 Å². The van der Waals surface area contributed by atoms with Gasteiger partial charge < -0.3 is 10.6 Å². The Labute approximate surface area is 105 Å². The summed E-state index contributed by atoms with van der Waals surface area (Å²) in [6.45, 7) is 5.02. The third-order valence-electron chi connectivity index (χ3n) is 2.79. The van der Waals surface area contributed by atoms with Crippen molar-refractivity contribution in [2.24, 2.45) is 5.73 Å². The Morgan fingerprint density at radius 3 is 2.94 bits per heavy atom. The van der Waals surface area contributed by atoms with Crippen LogP contribution in [0, 0.1) is 6.92 Å². The number of fused-ring (bicyclic) bond motifs is 1. The first-order valence-corrected chi connectivity index (χ1v) is 6.63. The largest absolute Gasteiger partial charge is 0.358 e. The molecule has 2 aromatic heterocycles. The number of anilines is 1. The van der Waals surface area contributed by atoms with Crippen LogP contribution < -0.4 is 10.6 Å². The van der Waals surface area contributed by atoms with Gasteiger partial charge in [-0.3, -0.25) is 0 Å². The van der Waals surface area contributed by atoms with Crippen molar-refractivity contribution in [1.29, 1.82) is 0 Å². The maximum absolute atomic E-state index is 5.78. The molecule has 0 aromatic carbocycles. The number of nitrogens with zero attached hydrogens (tertiary/aromatic N) is 3. The van der Waals surface area contributed by atoms with Crippen LogP contribution in [0.25, 0.3) is 10.2 Å². The second kappa shape index (κ2) is 4.98. The van der Waals surface area contributed by atoms with Crippen LogP contribution in [0.1, 0.15) is 18.9 Å². The summed E-state index contributed by atoms with van der Waals surface area (Å²) in [5.74, 6) is 1.01. The molecule has 2 rings (SSSR count). The average molecular weight is 250 g/mol. The average Bonchev–Trinajstić information content (AvgIpc) is 2.68. The monoisotopic (exact) mass is 250 g/mol. The van der Waals surface area contributed by atoms with Crippen molar-refractivity contribution < 1.29 is 0 Å². The maximum atomic E-state index is 5.78. The highest BCUT2D eigenvalue weighted by molar-refractivity contribution is 7.18. The van der Waals surface area contributed by atoms with Gasteiger partial charge in [0.05, 0.1) is 10.2 Å². The number of rotatable bonds is 4. The van der Waals surface area contributed by atoms with Crippen molar-refractivity contribution in [1.82, 2.24) is 9.97 Å². The zero-order valence-corrected chi connectivity index (χ0v) is 11.3. The summed E-state index contributed by atoms with van der Waals surface area (Å²) in [6.07, 6.45) is 2.60. The number of aryl methyl sites for hydroxylation is 1. The van der Waals surface area contributed by atoms with Gasteiger partial charge in [0.1, 0.15) is 12.1 Å². The van der Waals surface area contributed by atoms with E-state index in [9.17, 15) is 0 Å². The zero-order valence-electron chi connectivity index (χ0n) is 10.5. The van der Waals surface area contributed by atoms with Crippen LogP contribution in [0.3, 0.4) is 0 Å². The van der Waals surface area contributed by atoms with Gasteiger partial charge in [-0.2, -0.15) is 0 Å². The van der Waals surface area contributed by atoms with Gasteiger partial charge in [-0.05, 0) is 31.2 Å². The first-order chi connectivity index (χ1) is 8.09. The van der Waals surface area contributed by atoms with Crippen LogP contribution in [0.5, 0.6) is 0 Å². The molecule has 0 aliphatic rings. The highest BCUT2D eigenvalue weighted by atomic mass is 32.1. The molecule has 0 amide bonds. The Balaban J connectivity index is 2.28. The fourth-order valence-electron chi connectivity index (χ4n) is 1.73. The van der Waals surface area contributed by atoms with E-state index in [1.165, 1.54) is 5.56 Å². The van der Waals surface area contributed by atoms with Gasteiger partial charge in [0.2, 0.25) is 0 Å². The molecular weight excluding hydrogens is 232 g/mol. The molecule has 2 aromatic rings. The second-order valence-electron chi connectivity index (χ2n) is 4.48. The van der Waals surface area contributed by atoms with Crippen LogP contribution >= 0.6 is 11.3 Å². The molecule has 0 saturated heterocycles. The van der Waals surface area contributed by atoms with Gasteiger partial charge in [0.15, 0.2) is 0 Å². The zero-order chi connectivity index (χ0) is 12.4. The molecule has 2 N–H and O–H groups in total. The first kappa shape index (κ1) is 12.3. The summed E-state index contributed by atoms with van der Waals surface area (Å²) in [5, 5.41) is 2.13. The first-order valence-electron chi connectivity index (χ1n) is 5.75. The summed E-state index contributed by atoms with van der Waals surface area (Å²) in [4.78, 5) is 10.9. The predicted octanol–water partition coefficient (Wildman–Crippen LogP) is 2.17. The van der Waals surface area contributed by atoms with Gasteiger partial charge >= 0.3 is 0 Å². The van der Waals surface area contributed by atoms with Crippen LogP contribution in [0.2, 0.25) is 0 Å². The number of thiophene rings is 1. The molecule has 0 aliphatic carbocycles. The molecule has 0 radical (unpaired) electrons. The van der Waals surface area contributed by atoms with E-state index in [4.69, 9.17) is 5.73 Å². The smallest absolute Gasteiger partial charge is 0.149 e. The standard InChI is InChI=1S/C12H18N4S/c1-8-6-17-11-10(8)14-7-15-12(11)16(3)5-4-9(2)13/h6-7,9H,4-5,13H2,1-3H3. The quantitative estimate of drug-likeness (QED) is 0.903. The Kier molecular flexibility index (Phi) is 3.59. The maximum Gasteiger partial charge on any atom is 0.149 e. The molecule has 4 nitrogen and oxygen atoms in total. The van der Waals surface area contributed by atoms with Gasteiger partial charge in [-0.15, -0.1) is 11.3 Å². The Hall–Kier alpha value is -1.20. The molecule has 0 saturated carbocycles. The Morgan fingerprint density at radius 2 is 2.24 bits per heavy atom. The van der Waals surface area contributed by atoms with Gasteiger partial charge in [-0.1, -0.05) is 0 Å². The number of nitrogens with two attached hydrogens (primary N) is 1. The molecule has 0 aliphatic heterocycles. The molecule has 0 fully saturated rings. The van der Waals surface area contributed by atoms with Gasteiger partial charge in [0, 0.05) is 19.6 Å². The lowest BCUT2D eigenvalue weighted by atomic mass is 10.2. The summed E-state index contributed by atoms with van der Waals surface area (Å²) in [5.41, 5.74) is 8.06. The molecule has 5 heteroatoms. The van der Waals surface area contributed by atoms with Crippen LogP contribution in [0.15, 0.2) is 11.7 Å². The van der Waals surface area contributed by atoms with Crippen LogP contribution in [-0.2, 0) is 0 Å². The predicted molar refractivity (Wildman–Crippen MR) is 73.7 cm³/mol. The summed E-state index contributed by atoms with van der Waals surface area (Å²) >= 11 is 1.71. The minimum Gasteiger partial charge on any atom is -0.358 e. The van der Waals surface area contributed by atoms with Gasteiger partial charge in [0.25, 0.3) is 0 Å². The fourth-order valence-corrected chi connectivity index (χ4v) is 2.78. The van der Waals surface area contributed by atoms with E-state index < -0.39 is 0 Å². The van der Waals surface area contributed by atoms with Crippen molar-refractivity contribution >= 4 is 27.4 Å². The van der Waals surface area contributed by atoms with Gasteiger partial charge in [-0.25, -0.2) is 9.97 Å². The minimum atomic E-state index is 0.222. The Bertz CT molecular complexity index is 506. The van der Waals surface area contributed by atoms with Crippen LogP contribution in [0.4, 0.5) is 5.82 Å². The van der Waals surface area contributed by atoms with Crippen molar-refractivity contribution in [3.05, 3.63) is 17.3 Å². The molecule has 0 bridgehead atoms. The molecular formula is C12H18N4S. The van der Waals surface area contributed by atoms with E-state index in [1.54, 1.807) is 17.7 Å². The summed E-state index contributed by atoms with van der Waals surface area (Å²) in [7, 11) is 2.05. The fraction of sp³-hybridized carbons (Fsp3) is 0.500.